The summed E-state index contributed by atoms with van der Waals surface area (Å²) in [5.74, 6) is 0.366. The first-order valence-corrected chi connectivity index (χ1v) is 6.68. The van der Waals surface area contributed by atoms with E-state index in [0.717, 1.165) is 6.42 Å². The molecule has 0 aromatic carbocycles. The maximum absolute atomic E-state index is 12.3. The van der Waals surface area contributed by atoms with Crippen LogP contribution in [-0.2, 0) is 9.59 Å². The maximum Gasteiger partial charge on any atom is 0.233 e. The monoisotopic (exact) mass is 262 g/mol. The minimum Gasteiger partial charge on any atom is -0.370 e. The van der Waals surface area contributed by atoms with Gasteiger partial charge >= 0.3 is 0 Å². The number of nitrogens with zero attached hydrogens (tertiary/aromatic N) is 2. The van der Waals surface area contributed by atoms with Crippen molar-refractivity contribution >= 4 is 17.8 Å². The molecule has 1 aliphatic heterocycles. The van der Waals surface area contributed by atoms with Gasteiger partial charge in [0.15, 0.2) is 5.96 Å². The van der Waals surface area contributed by atoms with Crippen LogP contribution in [0.5, 0.6) is 0 Å². The van der Waals surface area contributed by atoms with Gasteiger partial charge in [0.1, 0.15) is 0 Å². The topological polar surface area (TPSA) is 102 Å². The fourth-order valence-corrected chi connectivity index (χ4v) is 3.62. The number of hydrogen-bond acceptors (Lipinski definition) is 3. The first kappa shape index (κ1) is 12.2. The molecule has 1 heterocycles. The number of aliphatic imine (C=N–C) groups is 1. The summed E-state index contributed by atoms with van der Waals surface area (Å²) in [5.41, 5.74) is 10.5. The van der Waals surface area contributed by atoms with Crippen LogP contribution in [0.2, 0.25) is 0 Å². The van der Waals surface area contributed by atoms with Crippen molar-refractivity contribution < 1.29 is 9.59 Å². The second kappa shape index (κ2) is 4.36. The number of allylic oxidation sites excluding steroid dienone is 2. The zero-order chi connectivity index (χ0) is 13.6. The summed E-state index contributed by atoms with van der Waals surface area (Å²) in [6, 6.07) is 0. The minimum absolute atomic E-state index is 0.00319. The average molecular weight is 262 g/mol. The lowest BCUT2D eigenvalue weighted by atomic mass is 9.85. The molecule has 4 N–H and O–H groups in total. The quantitative estimate of drug-likeness (QED) is 0.233. The molecule has 0 aromatic rings. The molecule has 0 aromatic heterocycles. The lowest BCUT2D eigenvalue weighted by molar-refractivity contribution is -0.140. The lowest BCUT2D eigenvalue weighted by Crippen LogP contribution is -2.34. The number of guanidine groups is 1. The molecule has 1 saturated heterocycles. The van der Waals surface area contributed by atoms with Crippen LogP contribution >= 0.6 is 0 Å². The molecule has 3 aliphatic rings. The first-order valence-electron chi connectivity index (χ1n) is 6.68. The standard InChI is InChI=1S/C13H18N4O2/c14-13(15)16-4-1-5-17-11(18)9-7-2-3-8(6-7)10(9)12(17)19/h2-3,7-10H,1,4-6H2,(H4,14,15,16). The molecule has 0 radical (unpaired) electrons. The van der Waals surface area contributed by atoms with E-state index in [0.29, 0.717) is 19.5 Å². The number of rotatable bonds is 4. The molecule has 2 fully saturated rings. The van der Waals surface area contributed by atoms with Crippen LogP contribution < -0.4 is 11.5 Å². The van der Waals surface area contributed by atoms with Gasteiger partial charge in [-0.2, -0.15) is 0 Å². The number of imide groups is 1. The molecule has 19 heavy (non-hydrogen) atoms. The number of fused-ring (bicyclic) bond motifs is 5. The van der Waals surface area contributed by atoms with E-state index >= 15 is 0 Å². The highest BCUT2D eigenvalue weighted by Gasteiger charge is 2.58. The van der Waals surface area contributed by atoms with Gasteiger partial charge in [-0.3, -0.25) is 19.5 Å². The average Bonchev–Trinajstić information content (AvgIpc) is 3.02. The van der Waals surface area contributed by atoms with Crippen molar-refractivity contribution in [1.29, 1.82) is 0 Å². The second-order valence-corrected chi connectivity index (χ2v) is 5.49. The molecule has 4 atom stereocenters. The second-order valence-electron chi connectivity index (χ2n) is 5.49. The van der Waals surface area contributed by atoms with Crippen LogP contribution in [0.25, 0.3) is 0 Å². The summed E-state index contributed by atoms with van der Waals surface area (Å²) in [6.07, 6.45) is 5.77. The number of nitrogens with two attached hydrogens (primary N) is 2. The van der Waals surface area contributed by atoms with E-state index in [9.17, 15) is 9.59 Å². The smallest absolute Gasteiger partial charge is 0.233 e. The fraction of sp³-hybridized carbons (Fsp3) is 0.615. The molecule has 1 saturated carbocycles. The Labute approximate surface area is 111 Å². The Morgan fingerprint density at radius 3 is 2.32 bits per heavy atom. The first-order chi connectivity index (χ1) is 9.09. The van der Waals surface area contributed by atoms with Gasteiger partial charge in [-0.15, -0.1) is 0 Å². The highest BCUT2D eigenvalue weighted by molar-refractivity contribution is 6.06. The number of amides is 2. The zero-order valence-electron chi connectivity index (χ0n) is 10.7. The molecular weight excluding hydrogens is 244 g/mol. The summed E-state index contributed by atoms with van der Waals surface area (Å²) in [7, 11) is 0. The summed E-state index contributed by atoms with van der Waals surface area (Å²) in [5, 5.41) is 0. The van der Waals surface area contributed by atoms with E-state index in [4.69, 9.17) is 11.5 Å². The van der Waals surface area contributed by atoms with Crippen LogP contribution in [0.3, 0.4) is 0 Å². The van der Waals surface area contributed by atoms with Gasteiger partial charge in [-0.25, -0.2) is 0 Å². The van der Waals surface area contributed by atoms with E-state index in [-0.39, 0.29) is 41.4 Å². The Balaban J connectivity index is 1.64. The van der Waals surface area contributed by atoms with Crippen LogP contribution in [-0.4, -0.2) is 35.8 Å². The van der Waals surface area contributed by atoms with Gasteiger partial charge in [0.2, 0.25) is 11.8 Å². The fourth-order valence-electron chi connectivity index (χ4n) is 3.62. The molecule has 2 amide bonds. The number of likely N-dealkylation sites (tertiary alicyclic amines) is 1. The predicted octanol–water partition coefficient (Wildman–Crippen LogP) is -0.543. The van der Waals surface area contributed by atoms with Crippen LogP contribution in [0.15, 0.2) is 17.1 Å². The van der Waals surface area contributed by atoms with E-state index in [1.54, 1.807) is 0 Å². The largest absolute Gasteiger partial charge is 0.370 e. The number of hydrogen-bond donors (Lipinski definition) is 2. The molecule has 2 bridgehead atoms. The normalized spacial score (nSPS) is 35.1. The third kappa shape index (κ3) is 1.82. The molecule has 0 spiro atoms. The molecule has 2 aliphatic carbocycles. The van der Waals surface area contributed by atoms with Gasteiger partial charge in [-0.1, -0.05) is 12.2 Å². The lowest BCUT2D eigenvalue weighted by Gasteiger charge is -2.16. The Bertz CT molecular complexity index is 451. The third-order valence-electron chi connectivity index (χ3n) is 4.40. The highest BCUT2D eigenvalue weighted by Crippen LogP contribution is 2.52. The Morgan fingerprint density at radius 2 is 1.79 bits per heavy atom. The zero-order valence-corrected chi connectivity index (χ0v) is 10.7. The van der Waals surface area contributed by atoms with Crippen LogP contribution in [0.1, 0.15) is 12.8 Å². The SMILES string of the molecule is NC(N)=NCCCN1C(=O)C2C3C=CC(C3)C2C1=O. The van der Waals surface area contributed by atoms with Gasteiger partial charge in [-0.05, 0) is 24.7 Å². The summed E-state index contributed by atoms with van der Waals surface area (Å²) in [4.78, 5) is 29.9. The number of carbonyl (C=O) groups excluding carboxylic acids is 2. The molecular formula is C13H18N4O2. The van der Waals surface area contributed by atoms with Crippen LogP contribution in [0, 0.1) is 23.7 Å². The van der Waals surface area contributed by atoms with Crippen molar-refractivity contribution in [2.75, 3.05) is 13.1 Å². The Hall–Kier alpha value is -1.85. The van der Waals surface area contributed by atoms with Crippen molar-refractivity contribution in [2.24, 2.45) is 40.1 Å². The molecule has 6 heteroatoms. The van der Waals surface area contributed by atoms with Crippen molar-refractivity contribution in [3.05, 3.63) is 12.2 Å². The summed E-state index contributed by atoms with van der Waals surface area (Å²) < 4.78 is 0. The third-order valence-corrected chi connectivity index (χ3v) is 4.40. The Kier molecular flexibility index (Phi) is 2.80. The molecule has 3 rings (SSSR count). The van der Waals surface area contributed by atoms with Crippen molar-refractivity contribution in [1.82, 2.24) is 4.90 Å². The minimum atomic E-state index is -0.106. The van der Waals surface area contributed by atoms with E-state index < -0.39 is 0 Å². The van der Waals surface area contributed by atoms with E-state index in [2.05, 4.69) is 17.1 Å². The predicted molar refractivity (Wildman–Crippen MR) is 69.7 cm³/mol. The molecule has 4 unspecified atom stereocenters. The van der Waals surface area contributed by atoms with E-state index in [1.165, 1.54) is 4.90 Å². The van der Waals surface area contributed by atoms with Crippen molar-refractivity contribution in [3.63, 3.8) is 0 Å². The van der Waals surface area contributed by atoms with Gasteiger partial charge in [0.05, 0.1) is 11.8 Å². The van der Waals surface area contributed by atoms with Gasteiger partial charge in [0, 0.05) is 13.1 Å². The van der Waals surface area contributed by atoms with Crippen molar-refractivity contribution in [3.8, 4) is 0 Å². The molecule has 102 valence electrons. The maximum atomic E-state index is 12.3. The summed E-state index contributed by atoms with van der Waals surface area (Å²) >= 11 is 0. The molecule has 6 nitrogen and oxygen atoms in total. The van der Waals surface area contributed by atoms with Crippen LogP contribution in [0.4, 0.5) is 0 Å². The van der Waals surface area contributed by atoms with Gasteiger partial charge in [0.25, 0.3) is 0 Å². The van der Waals surface area contributed by atoms with Crippen molar-refractivity contribution in [2.45, 2.75) is 12.8 Å². The van der Waals surface area contributed by atoms with E-state index in [1.807, 2.05) is 0 Å². The Morgan fingerprint density at radius 1 is 1.21 bits per heavy atom. The van der Waals surface area contributed by atoms with Gasteiger partial charge < -0.3 is 11.5 Å². The summed E-state index contributed by atoms with van der Waals surface area (Å²) in [6.45, 7) is 0.862. The number of carbonyl (C=O) groups is 2. The highest BCUT2D eigenvalue weighted by atomic mass is 16.2.